The fourth-order valence-electron chi connectivity index (χ4n) is 0.948. The zero-order chi connectivity index (χ0) is 8.27. The molecule has 0 saturated carbocycles. The molecule has 0 bridgehead atoms. The fraction of sp³-hybridized carbons (Fsp3) is 0.500. The molecular weight excluding hydrogens is 271 g/mol. The molecule has 1 nitrogen and oxygen atoms in total. The van der Waals surface area contributed by atoms with Gasteiger partial charge in [0.05, 0.1) is 6.10 Å². The Morgan fingerprint density at radius 3 is 2.91 bits per heavy atom. The molecule has 1 aromatic rings. The molecule has 0 aliphatic heterocycles. The van der Waals surface area contributed by atoms with E-state index in [4.69, 9.17) is 0 Å². The Morgan fingerprint density at radius 2 is 2.45 bits per heavy atom. The SMILES string of the molecule is CCCC(O)c1sccc1I. The number of hydrogen-bond donors (Lipinski definition) is 1. The molecule has 0 aliphatic carbocycles. The van der Waals surface area contributed by atoms with Crippen LogP contribution in [0.1, 0.15) is 30.7 Å². The predicted molar refractivity (Wildman–Crippen MR) is 56.9 cm³/mol. The Kier molecular flexibility index (Phi) is 3.81. The summed E-state index contributed by atoms with van der Waals surface area (Å²) < 4.78 is 1.19. The minimum absolute atomic E-state index is 0.244. The smallest absolute Gasteiger partial charge is 0.0892 e. The summed E-state index contributed by atoms with van der Waals surface area (Å²) in [5.74, 6) is 0. The number of hydrogen-bond acceptors (Lipinski definition) is 2. The molecule has 0 spiro atoms. The third-order valence-corrected chi connectivity index (χ3v) is 3.83. The first-order valence-electron chi connectivity index (χ1n) is 3.66. The largest absolute Gasteiger partial charge is 0.388 e. The zero-order valence-corrected chi connectivity index (χ0v) is 9.35. The van der Waals surface area contributed by atoms with Crippen LogP contribution < -0.4 is 0 Å². The second-order valence-electron chi connectivity index (χ2n) is 2.44. The average molecular weight is 282 g/mol. The van der Waals surface area contributed by atoms with Gasteiger partial charge in [0.15, 0.2) is 0 Å². The quantitative estimate of drug-likeness (QED) is 0.844. The zero-order valence-electron chi connectivity index (χ0n) is 6.38. The average Bonchev–Trinajstić information content (AvgIpc) is 2.36. The number of rotatable bonds is 3. The van der Waals surface area contributed by atoms with Gasteiger partial charge < -0.3 is 5.11 Å². The van der Waals surface area contributed by atoms with Crippen LogP contribution in [0.2, 0.25) is 0 Å². The van der Waals surface area contributed by atoms with Gasteiger partial charge >= 0.3 is 0 Å². The van der Waals surface area contributed by atoms with Gasteiger partial charge in [-0.1, -0.05) is 13.3 Å². The van der Waals surface area contributed by atoms with E-state index in [1.54, 1.807) is 11.3 Å². The second-order valence-corrected chi connectivity index (χ2v) is 4.55. The predicted octanol–water partition coefficient (Wildman–Crippen LogP) is 3.19. The summed E-state index contributed by atoms with van der Waals surface area (Å²) in [6.07, 6.45) is 1.66. The molecule has 0 radical (unpaired) electrons. The molecule has 11 heavy (non-hydrogen) atoms. The van der Waals surface area contributed by atoms with Gasteiger partial charge in [0.1, 0.15) is 0 Å². The van der Waals surface area contributed by atoms with Crippen LogP contribution >= 0.6 is 33.9 Å². The van der Waals surface area contributed by atoms with Crippen molar-refractivity contribution in [1.29, 1.82) is 0 Å². The first kappa shape index (κ1) is 9.48. The van der Waals surface area contributed by atoms with E-state index in [1.807, 2.05) is 11.4 Å². The molecule has 3 heteroatoms. The van der Waals surface area contributed by atoms with E-state index in [1.165, 1.54) is 3.57 Å². The topological polar surface area (TPSA) is 20.2 Å². The Hall–Kier alpha value is 0.390. The van der Waals surface area contributed by atoms with Crippen molar-refractivity contribution in [2.45, 2.75) is 25.9 Å². The molecule has 0 fully saturated rings. The lowest BCUT2D eigenvalue weighted by atomic mass is 10.2. The summed E-state index contributed by atoms with van der Waals surface area (Å²) in [4.78, 5) is 1.12. The van der Waals surface area contributed by atoms with E-state index in [-0.39, 0.29) is 6.10 Å². The molecule has 1 rings (SSSR count). The Morgan fingerprint density at radius 1 is 1.73 bits per heavy atom. The molecule has 0 saturated heterocycles. The first-order valence-corrected chi connectivity index (χ1v) is 5.62. The summed E-state index contributed by atoms with van der Waals surface area (Å²) in [6, 6.07) is 2.04. The summed E-state index contributed by atoms with van der Waals surface area (Å²) in [5, 5.41) is 11.6. The minimum Gasteiger partial charge on any atom is -0.388 e. The van der Waals surface area contributed by atoms with Crippen LogP contribution in [0.15, 0.2) is 11.4 Å². The standard InChI is InChI=1S/C8H11IOS/c1-2-3-7(10)8-6(9)4-5-11-8/h4-5,7,10H,2-3H2,1H3. The number of thiophene rings is 1. The number of aliphatic hydroxyl groups is 1. The van der Waals surface area contributed by atoms with E-state index in [0.29, 0.717) is 0 Å². The van der Waals surface area contributed by atoms with E-state index < -0.39 is 0 Å². The van der Waals surface area contributed by atoms with Crippen molar-refractivity contribution in [3.05, 3.63) is 19.9 Å². The summed E-state index contributed by atoms with van der Waals surface area (Å²) in [7, 11) is 0. The molecule has 1 atom stereocenters. The van der Waals surface area contributed by atoms with Crippen molar-refractivity contribution in [2.24, 2.45) is 0 Å². The van der Waals surface area contributed by atoms with E-state index in [2.05, 4.69) is 29.5 Å². The van der Waals surface area contributed by atoms with Gasteiger partial charge in [-0.15, -0.1) is 11.3 Å². The highest BCUT2D eigenvalue weighted by molar-refractivity contribution is 14.1. The molecule has 0 aromatic carbocycles. The highest BCUT2D eigenvalue weighted by Crippen LogP contribution is 2.28. The summed E-state index contributed by atoms with van der Waals surface area (Å²) in [6.45, 7) is 2.09. The highest BCUT2D eigenvalue weighted by atomic mass is 127. The maximum absolute atomic E-state index is 9.60. The van der Waals surface area contributed by atoms with Crippen molar-refractivity contribution in [3.8, 4) is 0 Å². The van der Waals surface area contributed by atoms with Crippen LogP contribution in [0.4, 0.5) is 0 Å². The molecule has 0 aliphatic rings. The van der Waals surface area contributed by atoms with Crippen LogP contribution in [0.25, 0.3) is 0 Å². The van der Waals surface area contributed by atoms with Gasteiger partial charge in [-0.05, 0) is 40.5 Å². The number of aliphatic hydroxyl groups excluding tert-OH is 1. The Labute approximate surface area is 84.6 Å². The Bertz CT molecular complexity index is 222. The maximum Gasteiger partial charge on any atom is 0.0892 e. The summed E-state index contributed by atoms with van der Waals surface area (Å²) >= 11 is 3.90. The minimum atomic E-state index is -0.244. The van der Waals surface area contributed by atoms with Crippen LogP contribution in [0.3, 0.4) is 0 Å². The monoisotopic (exact) mass is 282 g/mol. The molecule has 1 N–H and O–H groups in total. The van der Waals surface area contributed by atoms with Crippen molar-refractivity contribution < 1.29 is 5.11 Å². The molecular formula is C8H11IOS. The van der Waals surface area contributed by atoms with Gasteiger partial charge in [0.2, 0.25) is 0 Å². The highest BCUT2D eigenvalue weighted by Gasteiger charge is 2.10. The molecule has 62 valence electrons. The summed E-state index contributed by atoms with van der Waals surface area (Å²) in [5.41, 5.74) is 0. The van der Waals surface area contributed by atoms with Crippen LogP contribution in [-0.2, 0) is 0 Å². The maximum atomic E-state index is 9.60. The van der Waals surface area contributed by atoms with Crippen molar-refractivity contribution in [3.63, 3.8) is 0 Å². The van der Waals surface area contributed by atoms with E-state index in [0.717, 1.165) is 17.7 Å². The van der Waals surface area contributed by atoms with Crippen LogP contribution in [0.5, 0.6) is 0 Å². The van der Waals surface area contributed by atoms with Gasteiger partial charge in [-0.2, -0.15) is 0 Å². The lowest BCUT2D eigenvalue weighted by Crippen LogP contribution is -1.94. The molecule has 1 aromatic heterocycles. The van der Waals surface area contributed by atoms with Crippen molar-refractivity contribution in [1.82, 2.24) is 0 Å². The lowest BCUT2D eigenvalue weighted by molar-refractivity contribution is 0.169. The van der Waals surface area contributed by atoms with Crippen LogP contribution in [0, 0.1) is 3.57 Å². The normalized spacial score (nSPS) is 13.4. The van der Waals surface area contributed by atoms with Gasteiger partial charge in [-0.3, -0.25) is 0 Å². The lowest BCUT2D eigenvalue weighted by Gasteiger charge is -2.06. The van der Waals surface area contributed by atoms with Gasteiger partial charge in [-0.25, -0.2) is 0 Å². The molecule has 0 amide bonds. The van der Waals surface area contributed by atoms with Crippen LogP contribution in [-0.4, -0.2) is 5.11 Å². The van der Waals surface area contributed by atoms with Gasteiger partial charge in [0, 0.05) is 8.45 Å². The van der Waals surface area contributed by atoms with E-state index in [9.17, 15) is 5.11 Å². The third kappa shape index (κ3) is 2.42. The Balaban J connectivity index is 2.67. The van der Waals surface area contributed by atoms with Crippen molar-refractivity contribution in [2.75, 3.05) is 0 Å². The molecule has 1 heterocycles. The van der Waals surface area contributed by atoms with Crippen molar-refractivity contribution >= 4 is 33.9 Å². The molecule has 1 unspecified atom stereocenters. The van der Waals surface area contributed by atoms with Gasteiger partial charge in [0.25, 0.3) is 0 Å². The van der Waals surface area contributed by atoms with E-state index >= 15 is 0 Å². The fourth-order valence-corrected chi connectivity index (χ4v) is 2.92. The second kappa shape index (κ2) is 4.42. The third-order valence-electron chi connectivity index (χ3n) is 1.51. The first-order chi connectivity index (χ1) is 5.25. The number of halogens is 1.